The number of carboxylic acid groups (broad SMARTS) is 1. The zero-order valence-corrected chi connectivity index (χ0v) is 7.92. The van der Waals surface area contributed by atoms with Gasteiger partial charge in [0.2, 0.25) is 0 Å². The molecule has 0 aliphatic heterocycles. The lowest BCUT2D eigenvalue weighted by Crippen LogP contribution is -2.17. The summed E-state index contributed by atoms with van der Waals surface area (Å²) >= 11 is 0. The monoisotopic (exact) mass is 171 g/mol. The Kier molecular flexibility index (Phi) is 3.96. The Labute approximate surface area is 73.3 Å². The summed E-state index contributed by atoms with van der Waals surface area (Å²) in [6.45, 7) is 6.13. The molecule has 0 saturated carbocycles. The molecular weight excluding hydrogens is 154 g/mol. The van der Waals surface area contributed by atoms with Gasteiger partial charge in [0.05, 0.1) is 0 Å². The molecule has 0 aromatic rings. The molecule has 0 fully saturated rings. The molecule has 0 atom stereocenters. The van der Waals surface area contributed by atoms with Gasteiger partial charge in [-0.25, -0.2) is 4.79 Å². The van der Waals surface area contributed by atoms with E-state index >= 15 is 0 Å². The standard InChI is InChI=1S/C9H17NO2/c1-9(2,3)7(8(11)12)5-4-6-10/h5H,4,6,10H2,1-3H3,(H,11,12). The summed E-state index contributed by atoms with van der Waals surface area (Å²) in [4.78, 5) is 10.7. The molecule has 0 bridgehead atoms. The lowest BCUT2D eigenvalue weighted by Gasteiger charge is -2.19. The number of rotatable bonds is 3. The van der Waals surface area contributed by atoms with Crippen LogP contribution in [0.3, 0.4) is 0 Å². The first kappa shape index (κ1) is 11.2. The zero-order valence-electron chi connectivity index (χ0n) is 7.92. The topological polar surface area (TPSA) is 63.3 Å². The van der Waals surface area contributed by atoms with Crippen molar-refractivity contribution in [3.05, 3.63) is 11.6 Å². The minimum atomic E-state index is -0.851. The number of hydrogen-bond donors (Lipinski definition) is 2. The Bertz CT molecular complexity index is 189. The molecule has 3 N–H and O–H groups in total. The van der Waals surface area contributed by atoms with E-state index in [1.165, 1.54) is 0 Å². The van der Waals surface area contributed by atoms with Gasteiger partial charge in [-0.15, -0.1) is 0 Å². The number of hydrogen-bond acceptors (Lipinski definition) is 2. The van der Waals surface area contributed by atoms with Crippen molar-refractivity contribution < 1.29 is 9.90 Å². The van der Waals surface area contributed by atoms with Crippen LogP contribution in [0.1, 0.15) is 27.2 Å². The van der Waals surface area contributed by atoms with Crippen LogP contribution in [0.4, 0.5) is 0 Å². The third-order valence-corrected chi connectivity index (χ3v) is 1.55. The number of nitrogens with two attached hydrogens (primary N) is 1. The van der Waals surface area contributed by atoms with Gasteiger partial charge in [-0.05, 0) is 18.4 Å². The third kappa shape index (κ3) is 3.53. The molecule has 0 heterocycles. The molecule has 0 aromatic heterocycles. The highest BCUT2D eigenvalue weighted by atomic mass is 16.4. The van der Waals surface area contributed by atoms with Gasteiger partial charge in [0, 0.05) is 5.57 Å². The molecule has 0 saturated heterocycles. The second-order valence-electron chi connectivity index (χ2n) is 3.75. The van der Waals surface area contributed by atoms with Crippen LogP contribution in [0.15, 0.2) is 11.6 Å². The van der Waals surface area contributed by atoms with Crippen LogP contribution in [0, 0.1) is 5.41 Å². The number of carbonyl (C=O) groups is 1. The van der Waals surface area contributed by atoms with E-state index in [0.717, 1.165) is 0 Å². The summed E-state index contributed by atoms with van der Waals surface area (Å²) in [6, 6.07) is 0. The predicted molar refractivity (Wildman–Crippen MR) is 48.8 cm³/mol. The van der Waals surface area contributed by atoms with E-state index in [9.17, 15) is 4.79 Å². The van der Waals surface area contributed by atoms with Crippen LogP contribution in [0.25, 0.3) is 0 Å². The molecule has 3 heteroatoms. The third-order valence-electron chi connectivity index (χ3n) is 1.55. The highest BCUT2D eigenvalue weighted by Gasteiger charge is 2.22. The quantitative estimate of drug-likeness (QED) is 0.631. The smallest absolute Gasteiger partial charge is 0.331 e. The minimum Gasteiger partial charge on any atom is -0.478 e. The molecule has 3 nitrogen and oxygen atoms in total. The van der Waals surface area contributed by atoms with Crippen LogP contribution in [0.5, 0.6) is 0 Å². The molecule has 0 unspecified atom stereocenters. The summed E-state index contributed by atoms with van der Waals surface area (Å²) in [6.07, 6.45) is 2.32. The maximum Gasteiger partial charge on any atom is 0.331 e. The van der Waals surface area contributed by atoms with Crippen molar-refractivity contribution in [2.45, 2.75) is 27.2 Å². The van der Waals surface area contributed by atoms with Crippen molar-refractivity contribution >= 4 is 5.97 Å². The van der Waals surface area contributed by atoms with E-state index in [0.29, 0.717) is 18.5 Å². The van der Waals surface area contributed by atoms with Crippen LogP contribution < -0.4 is 5.73 Å². The van der Waals surface area contributed by atoms with Crippen LogP contribution in [-0.2, 0) is 4.79 Å². The van der Waals surface area contributed by atoms with Crippen LogP contribution >= 0.6 is 0 Å². The molecule has 0 aliphatic rings. The van der Waals surface area contributed by atoms with Crippen molar-refractivity contribution in [1.82, 2.24) is 0 Å². The summed E-state index contributed by atoms with van der Waals surface area (Å²) in [5.41, 5.74) is 5.42. The molecule has 70 valence electrons. The molecule has 0 aliphatic carbocycles. The van der Waals surface area contributed by atoms with E-state index < -0.39 is 5.97 Å². The average Bonchev–Trinajstić information content (AvgIpc) is 1.84. The fourth-order valence-electron chi connectivity index (χ4n) is 0.942. The van der Waals surface area contributed by atoms with Crippen LogP contribution in [0.2, 0.25) is 0 Å². The van der Waals surface area contributed by atoms with Crippen molar-refractivity contribution in [3.8, 4) is 0 Å². The van der Waals surface area contributed by atoms with E-state index in [2.05, 4.69) is 0 Å². The van der Waals surface area contributed by atoms with Crippen molar-refractivity contribution in [2.75, 3.05) is 6.54 Å². The SMILES string of the molecule is CC(C)(C)C(=CCCN)C(=O)O. The summed E-state index contributed by atoms with van der Waals surface area (Å²) in [7, 11) is 0. The lowest BCUT2D eigenvalue weighted by atomic mass is 9.86. The summed E-state index contributed by atoms with van der Waals surface area (Å²) < 4.78 is 0. The van der Waals surface area contributed by atoms with E-state index in [4.69, 9.17) is 10.8 Å². The fourth-order valence-corrected chi connectivity index (χ4v) is 0.942. The first-order valence-corrected chi connectivity index (χ1v) is 4.03. The van der Waals surface area contributed by atoms with E-state index in [1.807, 2.05) is 20.8 Å². The van der Waals surface area contributed by atoms with Crippen LogP contribution in [-0.4, -0.2) is 17.6 Å². The normalized spacial score (nSPS) is 13.2. The first-order chi connectivity index (χ1) is 5.39. The Morgan fingerprint density at radius 2 is 2.00 bits per heavy atom. The molecule has 12 heavy (non-hydrogen) atoms. The lowest BCUT2D eigenvalue weighted by molar-refractivity contribution is -0.133. The predicted octanol–water partition coefficient (Wildman–Crippen LogP) is 1.39. The molecular formula is C9H17NO2. The van der Waals surface area contributed by atoms with E-state index in [1.54, 1.807) is 6.08 Å². The van der Waals surface area contributed by atoms with Gasteiger partial charge in [0.25, 0.3) is 0 Å². The second kappa shape index (κ2) is 4.26. The van der Waals surface area contributed by atoms with Crippen molar-refractivity contribution in [1.29, 1.82) is 0 Å². The molecule has 0 radical (unpaired) electrons. The first-order valence-electron chi connectivity index (χ1n) is 4.03. The van der Waals surface area contributed by atoms with Gasteiger partial charge in [0.1, 0.15) is 0 Å². The maximum absolute atomic E-state index is 10.7. The maximum atomic E-state index is 10.7. The Balaban J connectivity index is 4.56. The zero-order chi connectivity index (χ0) is 9.78. The Morgan fingerprint density at radius 3 is 2.25 bits per heavy atom. The van der Waals surface area contributed by atoms with E-state index in [-0.39, 0.29) is 5.41 Å². The fraction of sp³-hybridized carbons (Fsp3) is 0.667. The van der Waals surface area contributed by atoms with Gasteiger partial charge in [-0.3, -0.25) is 0 Å². The Morgan fingerprint density at radius 1 is 1.50 bits per heavy atom. The van der Waals surface area contributed by atoms with Gasteiger partial charge in [-0.2, -0.15) is 0 Å². The average molecular weight is 171 g/mol. The van der Waals surface area contributed by atoms with Crippen molar-refractivity contribution in [3.63, 3.8) is 0 Å². The van der Waals surface area contributed by atoms with Gasteiger partial charge in [0.15, 0.2) is 0 Å². The molecule has 0 aromatic carbocycles. The van der Waals surface area contributed by atoms with Crippen molar-refractivity contribution in [2.24, 2.45) is 11.1 Å². The number of aliphatic carboxylic acids is 1. The molecule has 0 rings (SSSR count). The number of carboxylic acids is 1. The van der Waals surface area contributed by atoms with Gasteiger partial charge >= 0.3 is 5.97 Å². The van der Waals surface area contributed by atoms with Gasteiger partial charge < -0.3 is 10.8 Å². The minimum absolute atomic E-state index is 0.305. The summed E-state index contributed by atoms with van der Waals surface area (Å²) in [5, 5.41) is 8.83. The highest BCUT2D eigenvalue weighted by Crippen LogP contribution is 2.25. The molecule has 0 spiro atoms. The van der Waals surface area contributed by atoms with Gasteiger partial charge in [-0.1, -0.05) is 26.8 Å². The summed E-state index contributed by atoms with van der Waals surface area (Å²) in [5.74, 6) is -0.851. The second-order valence-corrected chi connectivity index (χ2v) is 3.75. The molecule has 0 amide bonds. The largest absolute Gasteiger partial charge is 0.478 e. The highest BCUT2D eigenvalue weighted by molar-refractivity contribution is 5.87. The Hall–Kier alpha value is -0.830.